The maximum atomic E-state index is 5.56. The zero-order chi connectivity index (χ0) is 12.0. The maximum absolute atomic E-state index is 5.56. The van der Waals surface area contributed by atoms with Crippen molar-refractivity contribution in [2.45, 2.75) is 33.2 Å². The molecular weight excluding hydrogens is 198 g/mol. The van der Waals surface area contributed by atoms with Gasteiger partial charge < -0.3 is 10.1 Å². The minimum Gasteiger partial charge on any atom is -0.494 e. The van der Waals surface area contributed by atoms with Crippen molar-refractivity contribution in [3.63, 3.8) is 0 Å². The molecule has 90 valence electrons. The number of nitrogens with one attached hydrogen (secondary N) is 1. The summed E-state index contributed by atoms with van der Waals surface area (Å²) in [7, 11) is 2.01. The number of hydrogen-bond acceptors (Lipinski definition) is 2. The average Bonchev–Trinajstić information content (AvgIpc) is 2.28. The van der Waals surface area contributed by atoms with Crippen molar-refractivity contribution in [2.75, 3.05) is 13.7 Å². The van der Waals surface area contributed by atoms with Gasteiger partial charge in [0, 0.05) is 6.04 Å². The van der Waals surface area contributed by atoms with Crippen molar-refractivity contribution in [1.82, 2.24) is 5.32 Å². The van der Waals surface area contributed by atoms with E-state index in [9.17, 15) is 0 Å². The van der Waals surface area contributed by atoms with E-state index in [0.29, 0.717) is 12.0 Å². The number of rotatable bonds is 6. The van der Waals surface area contributed by atoms with E-state index in [2.05, 4.69) is 50.4 Å². The lowest BCUT2D eigenvalue weighted by atomic mass is 9.96. The highest BCUT2D eigenvalue weighted by molar-refractivity contribution is 5.29. The third-order valence-corrected chi connectivity index (χ3v) is 2.69. The van der Waals surface area contributed by atoms with Crippen LogP contribution in [0.1, 0.15) is 38.8 Å². The van der Waals surface area contributed by atoms with Crippen LogP contribution in [0.5, 0.6) is 5.75 Å². The summed E-state index contributed by atoms with van der Waals surface area (Å²) in [5.41, 5.74) is 1.32. The molecule has 0 radical (unpaired) electrons. The fourth-order valence-corrected chi connectivity index (χ4v) is 1.88. The molecular formula is C14H23NO. The first-order chi connectivity index (χ1) is 7.69. The van der Waals surface area contributed by atoms with Crippen molar-refractivity contribution >= 4 is 0 Å². The fourth-order valence-electron chi connectivity index (χ4n) is 1.88. The second kappa shape index (κ2) is 6.54. The van der Waals surface area contributed by atoms with Crippen LogP contribution in [0.2, 0.25) is 0 Å². The van der Waals surface area contributed by atoms with Crippen LogP contribution >= 0.6 is 0 Å². The molecule has 1 atom stereocenters. The smallest absolute Gasteiger partial charge is 0.119 e. The molecule has 0 bridgehead atoms. The molecule has 0 saturated heterocycles. The second-order valence-electron chi connectivity index (χ2n) is 4.43. The zero-order valence-corrected chi connectivity index (χ0v) is 10.8. The van der Waals surface area contributed by atoms with Gasteiger partial charge in [-0.15, -0.1) is 0 Å². The minimum absolute atomic E-state index is 0.417. The molecule has 2 heteroatoms. The van der Waals surface area contributed by atoms with Crippen molar-refractivity contribution in [3.05, 3.63) is 29.8 Å². The number of hydrogen-bond donors (Lipinski definition) is 1. The highest BCUT2D eigenvalue weighted by Gasteiger charge is 2.12. The molecule has 0 aliphatic heterocycles. The molecule has 16 heavy (non-hydrogen) atoms. The lowest BCUT2D eigenvalue weighted by Crippen LogP contribution is -2.21. The second-order valence-corrected chi connectivity index (χ2v) is 4.43. The van der Waals surface area contributed by atoms with E-state index in [1.54, 1.807) is 0 Å². The lowest BCUT2D eigenvalue weighted by Gasteiger charge is -2.20. The van der Waals surface area contributed by atoms with Crippen molar-refractivity contribution in [2.24, 2.45) is 5.92 Å². The van der Waals surface area contributed by atoms with Crippen molar-refractivity contribution < 1.29 is 4.74 Å². The maximum Gasteiger partial charge on any atom is 0.119 e. The largest absolute Gasteiger partial charge is 0.494 e. The molecule has 0 aromatic heterocycles. The quantitative estimate of drug-likeness (QED) is 0.795. The Kier molecular flexibility index (Phi) is 5.33. The summed E-state index contributed by atoms with van der Waals surface area (Å²) in [6, 6.07) is 8.81. The molecule has 0 aliphatic carbocycles. The third kappa shape index (κ3) is 3.53. The number of benzene rings is 1. The molecule has 0 heterocycles. The minimum atomic E-state index is 0.417. The topological polar surface area (TPSA) is 21.3 Å². The van der Waals surface area contributed by atoms with Crippen LogP contribution in [-0.4, -0.2) is 13.7 Å². The van der Waals surface area contributed by atoms with Crippen LogP contribution in [0.15, 0.2) is 24.3 Å². The van der Waals surface area contributed by atoms with Gasteiger partial charge in [0.05, 0.1) is 6.61 Å². The van der Waals surface area contributed by atoms with Gasteiger partial charge in [0.1, 0.15) is 5.75 Å². The summed E-state index contributed by atoms with van der Waals surface area (Å²) >= 11 is 0. The Morgan fingerprint density at radius 3 is 2.25 bits per heavy atom. The van der Waals surface area contributed by atoms with E-state index in [1.807, 2.05) is 7.05 Å². The monoisotopic (exact) mass is 221 g/mol. The Labute approximate surface area is 99.0 Å². The normalized spacial score (nSPS) is 12.8. The molecule has 0 fully saturated rings. The van der Waals surface area contributed by atoms with E-state index in [1.165, 1.54) is 5.56 Å². The van der Waals surface area contributed by atoms with E-state index >= 15 is 0 Å². The Morgan fingerprint density at radius 1 is 1.19 bits per heavy atom. The van der Waals surface area contributed by atoms with Gasteiger partial charge >= 0.3 is 0 Å². The summed E-state index contributed by atoms with van der Waals surface area (Å²) in [6.07, 6.45) is 1.05. The first kappa shape index (κ1) is 13.0. The van der Waals surface area contributed by atoms with Gasteiger partial charge in [-0.1, -0.05) is 32.9 Å². The van der Waals surface area contributed by atoms with Crippen LogP contribution in [-0.2, 0) is 0 Å². The standard InChI is InChI=1S/C14H23NO/c1-5-10-16-13-8-6-12(7-9-13)14(15-4)11(2)3/h6-9,11,14-15H,5,10H2,1-4H3. The van der Waals surface area contributed by atoms with E-state index in [4.69, 9.17) is 4.74 Å². The third-order valence-electron chi connectivity index (χ3n) is 2.69. The highest BCUT2D eigenvalue weighted by Crippen LogP contribution is 2.23. The van der Waals surface area contributed by atoms with E-state index in [0.717, 1.165) is 18.8 Å². The van der Waals surface area contributed by atoms with Crippen LogP contribution in [0.4, 0.5) is 0 Å². The molecule has 2 nitrogen and oxygen atoms in total. The predicted octanol–water partition coefficient (Wildman–Crippen LogP) is 3.39. The molecule has 1 aromatic carbocycles. The van der Waals surface area contributed by atoms with Gasteiger partial charge in [0.2, 0.25) is 0 Å². The Morgan fingerprint density at radius 2 is 1.81 bits per heavy atom. The lowest BCUT2D eigenvalue weighted by molar-refractivity contribution is 0.317. The summed E-state index contributed by atoms with van der Waals surface area (Å²) < 4.78 is 5.56. The van der Waals surface area contributed by atoms with Crippen LogP contribution in [0.25, 0.3) is 0 Å². The molecule has 0 amide bonds. The Bertz CT molecular complexity index is 292. The summed E-state index contributed by atoms with van der Waals surface area (Å²) in [5.74, 6) is 1.55. The van der Waals surface area contributed by atoms with Gasteiger partial charge in [-0.25, -0.2) is 0 Å². The summed E-state index contributed by atoms with van der Waals surface area (Å²) in [5, 5.41) is 3.34. The first-order valence-electron chi connectivity index (χ1n) is 6.09. The van der Waals surface area contributed by atoms with Crippen molar-refractivity contribution in [3.8, 4) is 5.75 Å². The molecule has 0 saturated carbocycles. The van der Waals surface area contributed by atoms with Gasteiger partial charge in [0.15, 0.2) is 0 Å². The summed E-state index contributed by atoms with van der Waals surface area (Å²) in [4.78, 5) is 0. The van der Waals surface area contributed by atoms with E-state index in [-0.39, 0.29) is 0 Å². The Balaban J connectivity index is 2.69. The predicted molar refractivity (Wildman–Crippen MR) is 68.9 cm³/mol. The molecule has 0 spiro atoms. The van der Waals surface area contributed by atoms with Crippen LogP contribution in [0, 0.1) is 5.92 Å². The number of ether oxygens (including phenoxy) is 1. The molecule has 1 rings (SSSR count). The highest BCUT2D eigenvalue weighted by atomic mass is 16.5. The van der Waals surface area contributed by atoms with Gasteiger partial charge in [-0.2, -0.15) is 0 Å². The van der Waals surface area contributed by atoms with Crippen LogP contribution < -0.4 is 10.1 Å². The van der Waals surface area contributed by atoms with Gasteiger partial charge in [0.25, 0.3) is 0 Å². The molecule has 1 unspecified atom stereocenters. The summed E-state index contributed by atoms with van der Waals surface area (Å²) in [6.45, 7) is 7.36. The van der Waals surface area contributed by atoms with Gasteiger partial charge in [-0.05, 0) is 37.1 Å². The fraction of sp³-hybridized carbons (Fsp3) is 0.571. The van der Waals surface area contributed by atoms with Crippen molar-refractivity contribution in [1.29, 1.82) is 0 Å². The van der Waals surface area contributed by atoms with E-state index < -0.39 is 0 Å². The average molecular weight is 221 g/mol. The van der Waals surface area contributed by atoms with Crippen LogP contribution in [0.3, 0.4) is 0 Å². The molecule has 1 aromatic rings. The molecule has 0 aliphatic rings. The zero-order valence-electron chi connectivity index (χ0n) is 10.8. The first-order valence-corrected chi connectivity index (χ1v) is 6.09. The molecule has 1 N–H and O–H groups in total. The Hall–Kier alpha value is -1.02. The SMILES string of the molecule is CCCOc1ccc(C(NC)C(C)C)cc1. The van der Waals surface area contributed by atoms with Gasteiger partial charge in [-0.3, -0.25) is 0 Å².